The third-order valence-corrected chi connectivity index (χ3v) is 4.22. The quantitative estimate of drug-likeness (QED) is 0.685. The highest BCUT2D eigenvalue weighted by Crippen LogP contribution is 2.24. The van der Waals surface area contributed by atoms with Crippen LogP contribution in [0.5, 0.6) is 5.75 Å². The number of anilines is 1. The van der Waals surface area contributed by atoms with Crippen molar-refractivity contribution < 1.29 is 14.3 Å². The first-order valence-corrected chi connectivity index (χ1v) is 9.17. The van der Waals surface area contributed by atoms with E-state index in [0.29, 0.717) is 24.7 Å². The summed E-state index contributed by atoms with van der Waals surface area (Å²) in [4.78, 5) is 14.3. The molecular weight excluding hydrogens is 304 g/mol. The molecule has 1 N–H and O–H groups in total. The average Bonchev–Trinajstić information content (AvgIpc) is 2.61. The Morgan fingerprint density at radius 3 is 2.71 bits per heavy atom. The number of ether oxygens (including phenoxy) is 2. The summed E-state index contributed by atoms with van der Waals surface area (Å²) >= 11 is 0. The SMILES string of the molecule is CCCCCOc1ccccc1NC(=O)OCCN1CCCCC1. The predicted molar refractivity (Wildman–Crippen MR) is 96.7 cm³/mol. The highest BCUT2D eigenvalue weighted by molar-refractivity contribution is 5.86. The maximum absolute atomic E-state index is 12.0. The number of unbranched alkanes of at least 4 members (excludes halogenated alkanes) is 2. The minimum atomic E-state index is -0.420. The van der Waals surface area contributed by atoms with Gasteiger partial charge in [-0.2, -0.15) is 0 Å². The molecule has 1 fully saturated rings. The Balaban J connectivity index is 1.72. The summed E-state index contributed by atoms with van der Waals surface area (Å²) in [5.41, 5.74) is 0.664. The van der Waals surface area contributed by atoms with E-state index in [1.165, 1.54) is 19.3 Å². The molecule has 1 aliphatic heterocycles. The zero-order valence-corrected chi connectivity index (χ0v) is 14.8. The van der Waals surface area contributed by atoms with Gasteiger partial charge in [-0.05, 0) is 44.5 Å². The monoisotopic (exact) mass is 334 g/mol. The summed E-state index contributed by atoms with van der Waals surface area (Å²) in [7, 11) is 0. The Labute approximate surface area is 145 Å². The summed E-state index contributed by atoms with van der Waals surface area (Å²) in [6.45, 7) is 6.28. The lowest BCUT2D eigenvalue weighted by molar-refractivity contribution is 0.131. The minimum absolute atomic E-state index is 0.420. The number of rotatable bonds is 9. The number of hydrogen-bond donors (Lipinski definition) is 1. The lowest BCUT2D eigenvalue weighted by atomic mass is 10.1. The number of para-hydroxylation sites is 2. The van der Waals surface area contributed by atoms with E-state index in [0.717, 1.165) is 38.9 Å². The van der Waals surface area contributed by atoms with Gasteiger partial charge >= 0.3 is 6.09 Å². The van der Waals surface area contributed by atoms with Gasteiger partial charge in [0.1, 0.15) is 12.4 Å². The number of amides is 1. The zero-order valence-electron chi connectivity index (χ0n) is 14.8. The van der Waals surface area contributed by atoms with Crippen LogP contribution in [0.15, 0.2) is 24.3 Å². The Morgan fingerprint density at radius 1 is 1.12 bits per heavy atom. The van der Waals surface area contributed by atoms with Crippen molar-refractivity contribution in [2.24, 2.45) is 0 Å². The second-order valence-corrected chi connectivity index (χ2v) is 6.21. The van der Waals surface area contributed by atoms with Gasteiger partial charge in [0.15, 0.2) is 0 Å². The molecule has 0 unspecified atom stereocenters. The molecule has 0 radical (unpaired) electrons. The molecule has 5 heteroatoms. The van der Waals surface area contributed by atoms with Crippen molar-refractivity contribution in [1.29, 1.82) is 0 Å². The normalized spacial score (nSPS) is 15.0. The van der Waals surface area contributed by atoms with Crippen molar-refractivity contribution in [2.45, 2.75) is 45.4 Å². The van der Waals surface area contributed by atoms with Gasteiger partial charge in [-0.3, -0.25) is 10.2 Å². The first-order valence-electron chi connectivity index (χ1n) is 9.17. The molecule has 24 heavy (non-hydrogen) atoms. The summed E-state index contributed by atoms with van der Waals surface area (Å²) in [6.07, 6.45) is 6.71. The molecule has 0 bridgehead atoms. The summed E-state index contributed by atoms with van der Waals surface area (Å²) in [5.74, 6) is 0.696. The van der Waals surface area contributed by atoms with Crippen molar-refractivity contribution in [3.63, 3.8) is 0 Å². The minimum Gasteiger partial charge on any atom is -0.491 e. The fourth-order valence-corrected chi connectivity index (χ4v) is 2.83. The van der Waals surface area contributed by atoms with E-state index in [1.54, 1.807) is 0 Å². The molecule has 0 aromatic heterocycles. The summed E-state index contributed by atoms with van der Waals surface area (Å²) in [6, 6.07) is 7.49. The molecule has 0 atom stereocenters. The lowest BCUT2D eigenvalue weighted by Gasteiger charge is -2.25. The third-order valence-electron chi connectivity index (χ3n) is 4.22. The number of nitrogens with one attached hydrogen (secondary N) is 1. The van der Waals surface area contributed by atoms with Crippen LogP contribution in [0.1, 0.15) is 45.4 Å². The van der Waals surface area contributed by atoms with E-state index >= 15 is 0 Å². The van der Waals surface area contributed by atoms with Crippen LogP contribution in [-0.4, -0.2) is 43.8 Å². The summed E-state index contributed by atoms with van der Waals surface area (Å²) in [5, 5.41) is 2.78. The van der Waals surface area contributed by atoms with E-state index in [2.05, 4.69) is 17.1 Å². The van der Waals surface area contributed by atoms with Gasteiger partial charge in [0, 0.05) is 6.54 Å². The van der Waals surface area contributed by atoms with E-state index in [9.17, 15) is 4.79 Å². The molecule has 1 saturated heterocycles. The Hall–Kier alpha value is -1.75. The van der Waals surface area contributed by atoms with Crippen LogP contribution < -0.4 is 10.1 Å². The van der Waals surface area contributed by atoms with Crippen molar-refractivity contribution >= 4 is 11.8 Å². The first-order chi connectivity index (χ1) is 11.8. The second kappa shape index (κ2) is 10.9. The topological polar surface area (TPSA) is 50.8 Å². The van der Waals surface area contributed by atoms with Gasteiger partial charge < -0.3 is 9.47 Å². The Bertz CT molecular complexity index is 487. The second-order valence-electron chi connectivity index (χ2n) is 6.21. The van der Waals surface area contributed by atoms with Crippen LogP contribution in [0.3, 0.4) is 0 Å². The first kappa shape index (κ1) is 18.6. The molecule has 1 amide bonds. The van der Waals surface area contributed by atoms with Crippen LogP contribution >= 0.6 is 0 Å². The van der Waals surface area contributed by atoms with Crippen molar-refractivity contribution in [3.8, 4) is 5.75 Å². The van der Waals surface area contributed by atoms with E-state index in [-0.39, 0.29) is 0 Å². The molecule has 5 nitrogen and oxygen atoms in total. The molecule has 1 aromatic carbocycles. The number of benzene rings is 1. The maximum atomic E-state index is 12.0. The lowest BCUT2D eigenvalue weighted by Crippen LogP contribution is -2.33. The van der Waals surface area contributed by atoms with Gasteiger partial charge in [-0.15, -0.1) is 0 Å². The van der Waals surface area contributed by atoms with Crippen LogP contribution in [0.25, 0.3) is 0 Å². The number of hydrogen-bond acceptors (Lipinski definition) is 4. The van der Waals surface area contributed by atoms with Crippen LogP contribution in [-0.2, 0) is 4.74 Å². The van der Waals surface area contributed by atoms with Gasteiger partial charge in [-0.1, -0.05) is 38.3 Å². The Kier molecular flexibility index (Phi) is 8.46. The molecule has 1 aromatic rings. The summed E-state index contributed by atoms with van der Waals surface area (Å²) < 4.78 is 11.1. The number of carbonyl (C=O) groups is 1. The molecule has 1 heterocycles. The van der Waals surface area contributed by atoms with Gasteiger partial charge in [0.2, 0.25) is 0 Å². The fourth-order valence-electron chi connectivity index (χ4n) is 2.83. The zero-order chi connectivity index (χ0) is 17.0. The fraction of sp³-hybridized carbons (Fsp3) is 0.632. The standard InChI is InChI=1S/C19H30N2O3/c1-2-3-9-15-23-18-11-6-5-10-17(18)20-19(22)24-16-14-21-12-7-4-8-13-21/h5-6,10-11H,2-4,7-9,12-16H2,1H3,(H,20,22). The number of carbonyl (C=O) groups excluding carboxylic acids is 1. The maximum Gasteiger partial charge on any atom is 0.411 e. The predicted octanol–water partition coefficient (Wildman–Crippen LogP) is 4.29. The van der Waals surface area contributed by atoms with Crippen LogP contribution in [0, 0.1) is 0 Å². The largest absolute Gasteiger partial charge is 0.491 e. The highest BCUT2D eigenvalue weighted by atomic mass is 16.5. The highest BCUT2D eigenvalue weighted by Gasteiger charge is 2.12. The molecule has 0 saturated carbocycles. The smallest absolute Gasteiger partial charge is 0.411 e. The Morgan fingerprint density at radius 2 is 1.92 bits per heavy atom. The average molecular weight is 334 g/mol. The molecule has 0 spiro atoms. The number of piperidine rings is 1. The van der Waals surface area contributed by atoms with E-state index < -0.39 is 6.09 Å². The molecule has 0 aliphatic carbocycles. The van der Waals surface area contributed by atoms with Gasteiger partial charge in [0.25, 0.3) is 0 Å². The van der Waals surface area contributed by atoms with Gasteiger partial charge in [0.05, 0.1) is 12.3 Å². The van der Waals surface area contributed by atoms with Crippen molar-refractivity contribution in [1.82, 2.24) is 4.90 Å². The number of likely N-dealkylation sites (tertiary alicyclic amines) is 1. The molecule has 2 rings (SSSR count). The van der Waals surface area contributed by atoms with E-state index in [1.807, 2.05) is 24.3 Å². The number of nitrogens with zero attached hydrogens (tertiary/aromatic N) is 1. The van der Waals surface area contributed by atoms with Crippen molar-refractivity contribution in [3.05, 3.63) is 24.3 Å². The van der Waals surface area contributed by atoms with Crippen LogP contribution in [0.2, 0.25) is 0 Å². The van der Waals surface area contributed by atoms with Crippen molar-refractivity contribution in [2.75, 3.05) is 38.2 Å². The molecule has 134 valence electrons. The molecular formula is C19H30N2O3. The van der Waals surface area contributed by atoms with Crippen LogP contribution in [0.4, 0.5) is 10.5 Å². The third kappa shape index (κ3) is 6.79. The molecule has 1 aliphatic rings. The van der Waals surface area contributed by atoms with Gasteiger partial charge in [-0.25, -0.2) is 4.79 Å². The van der Waals surface area contributed by atoms with E-state index in [4.69, 9.17) is 9.47 Å².